The smallest absolute Gasteiger partial charge is 0.254 e. The van der Waals surface area contributed by atoms with Gasteiger partial charge >= 0.3 is 0 Å². The molecule has 0 saturated heterocycles. The van der Waals surface area contributed by atoms with E-state index in [1.165, 1.54) is 27.4 Å². The molecule has 4 aromatic heterocycles. The Labute approximate surface area is 207 Å². The average molecular weight is 518 g/mol. The number of tetrazole rings is 1. The quantitative estimate of drug-likeness (QED) is 0.221. The summed E-state index contributed by atoms with van der Waals surface area (Å²) in [4.78, 5) is 11.3. The highest BCUT2D eigenvalue weighted by Crippen LogP contribution is 2.33. The molecular weight excluding hydrogens is 498 g/mol. The number of nitrogens with zero attached hydrogens (tertiary/aromatic N) is 9. The normalized spacial score (nSPS) is 11.9. The maximum Gasteiger partial charge on any atom is 0.254 e. The van der Waals surface area contributed by atoms with Crippen molar-refractivity contribution in [3.8, 4) is 0 Å². The molecule has 9 nitrogen and oxygen atoms in total. The Morgan fingerprint density at radius 3 is 2.91 bits per heavy atom. The van der Waals surface area contributed by atoms with Crippen molar-refractivity contribution < 1.29 is 0 Å². The topological polar surface area (TPSA) is 89.9 Å². The van der Waals surface area contributed by atoms with Gasteiger partial charge in [0.15, 0.2) is 0 Å². The number of hydrogen-bond acceptors (Lipinski definition) is 10. The average Bonchev–Trinajstić information content (AvgIpc) is 3.49. The van der Waals surface area contributed by atoms with E-state index in [9.17, 15) is 0 Å². The van der Waals surface area contributed by atoms with Gasteiger partial charge in [0.05, 0.1) is 6.54 Å². The van der Waals surface area contributed by atoms with Gasteiger partial charge in [-0.1, -0.05) is 23.4 Å². The lowest BCUT2D eigenvalue weighted by Gasteiger charge is -2.10. The van der Waals surface area contributed by atoms with E-state index in [1.807, 2.05) is 39.2 Å². The first kappa shape index (κ1) is 22.5. The summed E-state index contributed by atoms with van der Waals surface area (Å²) < 4.78 is 4.78. The molecule has 0 aliphatic rings. The van der Waals surface area contributed by atoms with Crippen molar-refractivity contribution in [3.63, 3.8) is 0 Å². The largest absolute Gasteiger partial charge is 0.308 e. The van der Waals surface area contributed by atoms with Crippen LogP contribution < -0.4 is 0 Å². The first-order chi connectivity index (χ1) is 16.0. The molecule has 0 atom stereocenters. The van der Waals surface area contributed by atoms with Crippen molar-refractivity contribution in [1.82, 2.24) is 44.7 Å². The van der Waals surface area contributed by atoms with Crippen LogP contribution in [0.4, 0.5) is 0 Å². The zero-order valence-corrected chi connectivity index (χ0v) is 21.3. The SMILES string of the molecule is Cc1cc(Sc2nnnn2CCN(C)C)n2nc(SCc3csc4ccc(Cl)cc34)nc2n1. The van der Waals surface area contributed by atoms with E-state index in [-0.39, 0.29) is 0 Å². The van der Waals surface area contributed by atoms with Crippen LogP contribution in [0.1, 0.15) is 11.3 Å². The molecule has 0 N–H and O–H groups in total. The third-order valence-corrected chi connectivity index (χ3v) is 7.92. The van der Waals surface area contributed by atoms with Gasteiger partial charge in [0.25, 0.3) is 5.78 Å². The first-order valence-corrected chi connectivity index (χ1v) is 13.1. The Hall–Kier alpha value is -2.25. The fourth-order valence-electron chi connectivity index (χ4n) is 3.18. The highest BCUT2D eigenvalue weighted by atomic mass is 35.5. The standard InChI is InChI=1S/C20H20ClN9S3/c1-12-8-17(33-20-24-26-27-29(20)7-6-28(2)3)30-18(22-12)23-19(25-30)32-11-13-10-31-16-5-4-14(21)9-15(13)16/h4-5,8-10H,6-7,11H2,1-3H3. The van der Waals surface area contributed by atoms with Gasteiger partial charge in [0, 0.05) is 27.7 Å². The summed E-state index contributed by atoms with van der Waals surface area (Å²) in [5.74, 6) is 1.31. The summed E-state index contributed by atoms with van der Waals surface area (Å²) in [6, 6.07) is 7.97. The minimum Gasteiger partial charge on any atom is -0.308 e. The summed E-state index contributed by atoms with van der Waals surface area (Å²) >= 11 is 11.0. The highest BCUT2D eigenvalue weighted by molar-refractivity contribution is 7.99. The molecule has 0 aliphatic heterocycles. The van der Waals surface area contributed by atoms with Crippen molar-refractivity contribution in [2.75, 3.05) is 20.6 Å². The molecule has 5 aromatic rings. The van der Waals surface area contributed by atoms with Gasteiger partial charge in [-0.05, 0) is 83.8 Å². The maximum absolute atomic E-state index is 6.20. The number of hydrogen-bond donors (Lipinski definition) is 0. The van der Waals surface area contributed by atoms with Crippen molar-refractivity contribution in [2.45, 2.75) is 34.6 Å². The molecule has 0 bridgehead atoms. The monoisotopic (exact) mass is 517 g/mol. The molecule has 13 heteroatoms. The molecule has 5 rings (SSSR count). The summed E-state index contributed by atoms with van der Waals surface area (Å²) in [6.07, 6.45) is 0. The molecule has 1 aromatic carbocycles. The molecule has 0 fully saturated rings. The number of fused-ring (bicyclic) bond motifs is 2. The van der Waals surface area contributed by atoms with E-state index >= 15 is 0 Å². The van der Waals surface area contributed by atoms with Gasteiger partial charge in [-0.15, -0.1) is 21.5 Å². The summed E-state index contributed by atoms with van der Waals surface area (Å²) in [5.41, 5.74) is 2.08. The first-order valence-electron chi connectivity index (χ1n) is 10.1. The number of benzene rings is 1. The Kier molecular flexibility index (Phi) is 6.52. The summed E-state index contributed by atoms with van der Waals surface area (Å²) in [6.45, 7) is 3.49. The lowest BCUT2D eigenvalue weighted by Crippen LogP contribution is -2.19. The zero-order chi connectivity index (χ0) is 22.9. The van der Waals surface area contributed by atoms with E-state index in [1.54, 1.807) is 32.3 Å². The maximum atomic E-state index is 6.20. The number of likely N-dealkylation sites (N-methyl/N-ethyl adjacent to an activating group) is 1. The van der Waals surface area contributed by atoms with Crippen LogP contribution in [0, 0.1) is 6.92 Å². The zero-order valence-electron chi connectivity index (χ0n) is 18.1. The number of halogens is 1. The molecule has 33 heavy (non-hydrogen) atoms. The van der Waals surface area contributed by atoms with E-state index in [2.05, 4.69) is 41.8 Å². The highest BCUT2D eigenvalue weighted by Gasteiger charge is 2.16. The third kappa shape index (κ3) is 4.99. The van der Waals surface area contributed by atoms with E-state index in [0.29, 0.717) is 22.6 Å². The number of aromatic nitrogens is 8. The second-order valence-corrected chi connectivity index (χ2v) is 10.9. The van der Waals surface area contributed by atoms with Gasteiger partial charge < -0.3 is 4.90 Å². The van der Waals surface area contributed by atoms with Crippen LogP contribution in [0.25, 0.3) is 15.9 Å². The lowest BCUT2D eigenvalue weighted by molar-refractivity contribution is 0.361. The fraction of sp³-hybridized carbons (Fsp3) is 0.300. The molecular formula is C20H20ClN9S3. The predicted octanol–water partition coefficient (Wildman–Crippen LogP) is 4.29. The lowest BCUT2D eigenvalue weighted by atomic mass is 10.2. The molecule has 0 amide bonds. The minimum atomic E-state index is 0.561. The Balaban J connectivity index is 1.39. The fourth-order valence-corrected chi connectivity index (χ4v) is 6.14. The van der Waals surface area contributed by atoms with Crippen molar-refractivity contribution in [2.24, 2.45) is 0 Å². The van der Waals surface area contributed by atoms with Crippen LogP contribution in [-0.2, 0) is 12.3 Å². The molecule has 0 unspecified atom stereocenters. The Morgan fingerprint density at radius 2 is 2.06 bits per heavy atom. The van der Waals surface area contributed by atoms with E-state index in [0.717, 1.165) is 28.0 Å². The van der Waals surface area contributed by atoms with Gasteiger partial charge in [-0.2, -0.15) is 9.50 Å². The summed E-state index contributed by atoms with van der Waals surface area (Å²) in [5, 5.41) is 23.2. The van der Waals surface area contributed by atoms with E-state index < -0.39 is 0 Å². The van der Waals surface area contributed by atoms with Crippen molar-refractivity contribution in [1.29, 1.82) is 0 Å². The minimum absolute atomic E-state index is 0.561. The van der Waals surface area contributed by atoms with Crippen LogP contribution in [0.3, 0.4) is 0 Å². The number of thiophene rings is 1. The Morgan fingerprint density at radius 1 is 1.18 bits per heavy atom. The van der Waals surface area contributed by atoms with Gasteiger partial charge in [0.1, 0.15) is 5.03 Å². The molecule has 170 valence electrons. The van der Waals surface area contributed by atoms with Crippen LogP contribution in [0.15, 0.2) is 45.0 Å². The van der Waals surface area contributed by atoms with Crippen molar-refractivity contribution >= 4 is 62.3 Å². The van der Waals surface area contributed by atoms with Gasteiger partial charge in [-0.3, -0.25) is 0 Å². The third-order valence-electron chi connectivity index (χ3n) is 4.81. The predicted molar refractivity (Wildman–Crippen MR) is 132 cm³/mol. The van der Waals surface area contributed by atoms with Crippen LogP contribution in [0.5, 0.6) is 0 Å². The van der Waals surface area contributed by atoms with Crippen molar-refractivity contribution in [3.05, 3.63) is 45.9 Å². The number of rotatable bonds is 8. The molecule has 0 spiro atoms. The molecule has 0 aliphatic carbocycles. The second kappa shape index (κ2) is 9.55. The number of thioether (sulfide) groups is 1. The molecule has 4 heterocycles. The number of aryl methyl sites for hydroxylation is 1. The van der Waals surface area contributed by atoms with Crippen LogP contribution >= 0.6 is 46.5 Å². The molecule has 0 saturated carbocycles. The Bertz CT molecular complexity index is 1430. The van der Waals surface area contributed by atoms with Gasteiger partial charge in [0.2, 0.25) is 10.3 Å². The summed E-state index contributed by atoms with van der Waals surface area (Å²) in [7, 11) is 4.05. The molecule has 0 radical (unpaired) electrons. The van der Waals surface area contributed by atoms with Crippen LogP contribution in [0.2, 0.25) is 5.02 Å². The van der Waals surface area contributed by atoms with Crippen LogP contribution in [-0.4, -0.2) is 65.3 Å². The second-order valence-electron chi connectivity index (χ2n) is 7.62. The van der Waals surface area contributed by atoms with E-state index in [4.69, 9.17) is 16.7 Å². The van der Waals surface area contributed by atoms with Gasteiger partial charge in [-0.25, -0.2) is 9.67 Å².